The van der Waals surface area contributed by atoms with E-state index in [0.29, 0.717) is 5.75 Å². The number of hydrogen-bond acceptors (Lipinski definition) is 4. The predicted molar refractivity (Wildman–Crippen MR) is 115 cm³/mol. The van der Waals surface area contributed by atoms with Crippen LogP contribution in [0.1, 0.15) is 38.2 Å². The number of para-hydroxylation sites is 1. The van der Waals surface area contributed by atoms with Gasteiger partial charge in [0.1, 0.15) is 11.8 Å². The van der Waals surface area contributed by atoms with Crippen LogP contribution in [-0.2, 0) is 16.1 Å². The first-order valence-electron chi connectivity index (χ1n) is 10.6. The molecule has 1 saturated carbocycles. The first kappa shape index (κ1) is 22.6. The maximum Gasteiger partial charge on any atom is 0.261 e. The van der Waals surface area contributed by atoms with E-state index >= 15 is 0 Å². The van der Waals surface area contributed by atoms with Crippen LogP contribution in [0.15, 0.2) is 48.5 Å². The molecule has 2 aromatic rings. The van der Waals surface area contributed by atoms with E-state index in [0.717, 1.165) is 31.2 Å². The van der Waals surface area contributed by atoms with Gasteiger partial charge >= 0.3 is 0 Å². The number of amides is 2. The van der Waals surface area contributed by atoms with Gasteiger partial charge in [-0.1, -0.05) is 37.1 Å². The zero-order valence-corrected chi connectivity index (χ0v) is 18.0. The molecule has 3 rings (SSSR count). The quantitative estimate of drug-likeness (QED) is 0.662. The molecule has 166 valence electrons. The summed E-state index contributed by atoms with van der Waals surface area (Å²) in [5.74, 6) is -0.420. The predicted octanol–water partition coefficient (Wildman–Crippen LogP) is 3.69. The van der Waals surface area contributed by atoms with Gasteiger partial charge in [-0.3, -0.25) is 9.59 Å². The van der Waals surface area contributed by atoms with Crippen molar-refractivity contribution in [3.63, 3.8) is 0 Å². The van der Waals surface area contributed by atoms with Crippen molar-refractivity contribution in [2.45, 2.75) is 51.2 Å². The van der Waals surface area contributed by atoms with E-state index in [-0.39, 0.29) is 30.9 Å². The van der Waals surface area contributed by atoms with E-state index in [1.165, 1.54) is 17.0 Å². The van der Waals surface area contributed by atoms with Gasteiger partial charge in [-0.05, 0) is 49.6 Å². The van der Waals surface area contributed by atoms with Gasteiger partial charge in [-0.15, -0.1) is 0 Å². The van der Waals surface area contributed by atoms with Gasteiger partial charge < -0.3 is 19.7 Å². The molecule has 0 saturated heterocycles. The highest BCUT2D eigenvalue weighted by Crippen LogP contribution is 2.20. The minimum absolute atomic E-state index is 0.00306. The van der Waals surface area contributed by atoms with Crippen LogP contribution in [0.25, 0.3) is 0 Å². The lowest BCUT2D eigenvalue weighted by Gasteiger charge is -2.29. The highest BCUT2D eigenvalue weighted by Gasteiger charge is 2.28. The zero-order valence-electron chi connectivity index (χ0n) is 18.0. The monoisotopic (exact) mass is 428 g/mol. The molecule has 1 N–H and O–H groups in total. The third-order valence-electron chi connectivity index (χ3n) is 5.57. The molecule has 0 bridgehead atoms. The topological polar surface area (TPSA) is 67.9 Å². The zero-order chi connectivity index (χ0) is 22.2. The molecule has 1 aliphatic carbocycles. The number of carbonyl (C=O) groups excluding carboxylic acids is 2. The first-order chi connectivity index (χ1) is 15.0. The number of hydrogen-bond donors (Lipinski definition) is 1. The molecule has 1 fully saturated rings. The van der Waals surface area contributed by atoms with Gasteiger partial charge in [0.2, 0.25) is 5.91 Å². The van der Waals surface area contributed by atoms with E-state index in [2.05, 4.69) is 5.32 Å². The Morgan fingerprint density at radius 1 is 1.13 bits per heavy atom. The molecule has 2 aromatic carbocycles. The fraction of sp³-hybridized carbons (Fsp3) is 0.417. The number of halogens is 1. The second kappa shape index (κ2) is 10.8. The van der Waals surface area contributed by atoms with E-state index in [9.17, 15) is 14.0 Å². The molecule has 0 aromatic heterocycles. The van der Waals surface area contributed by atoms with Crippen molar-refractivity contribution >= 4 is 11.8 Å². The van der Waals surface area contributed by atoms with Crippen LogP contribution in [0.3, 0.4) is 0 Å². The normalized spacial score (nSPS) is 14.7. The Morgan fingerprint density at radius 3 is 2.45 bits per heavy atom. The van der Waals surface area contributed by atoms with Gasteiger partial charge in [0, 0.05) is 12.6 Å². The summed E-state index contributed by atoms with van der Waals surface area (Å²) >= 11 is 0. The molecule has 31 heavy (non-hydrogen) atoms. The van der Waals surface area contributed by atoms with Gasteiger partial charge in [0.25, 0.3) is 5.91 Å². The highest BCUT2D eigenvalue weighted by molar-refractivity contribution is 5.88. The van der Waals surface area contributed by atoms with E-state index in [4.69, 9.17) is 9.47 Å². The van der Waals surface area contributed by atoms with E-state index in [1.54, 1.807) is 38.3 Å². The second-order valence-electron chi connectivity index (χ2n) is 7.75. The Bertz CT molecular complexity index is 881. The Morgan fingerprint density at radius 2 is 1.81 bits per heavy atom. The van der Waals surface area contributed by atoms with Crippen LogP contribution < -0.4 is 14.8 Å². The molecule has 0 unspecified atom stereocenters. The van der Waals surface area contributed by atoms with Gasteiger partial charge in [-0.25, -0.2) is 4.39 Å². The van der Waals surface area contributed by atoms with Crippen molar-refractivity contribution in [2.24, 2.45) is 0 Å². The van der Waals surface area contributed by atoms with Gasteiger partial charge in [0.15, 0.2) is 18.2 Å². The van der Waals surface area contributed by atoms with Crippen LogP contribution in [0.5, 0.6) is 11.5 Å². The third-order valence-corrected chi connectivity index (χ3v) is 5.57. The van der Waals surface area contributed by atoms with Crippen LogP contribution in [0.2, 0.25) is 0 Å². The van der Waals surface area contributed by atoms with E-state index < -0.39 is 17.8 Å². The number of rotatable bonds is 9. The molecule has 1 atom stereocenters. The molecule has 0 aliphatic heterocycles. The Hall–Kier alpha value is -3.09. The summed E-state index contributed by atoms with van der Waals surface area (Å²) in [4.78, 5) is 27.3. The van der Waals surface area contributed by atoms with Crippen molar-refractivity contribution in [1.82, 2.24) is 10.2 Å². The molecule has 2 amide bonds. The first-order valence-corrected chi connectivity index (χ1v) is 10.6. The summed E-state index contributed by atoms with van der Waals surface area (Å²) in [7, 11) is 1.58. The summed E-state index contributed by atoms with van der Waals surface area (Å²) in [6, 6.07) is 12.7. The van der Waals surface area contributed by atoms with Crippen molar-refractivity contribution in [3.05, 3.63) is 59.9 Å². The third kappa shape index (κ3) is 6.20. The second-order valence-corrected chi connectivity index (χ2v) is 7.75. The van der Waals surface area contributed by atoms with Crippen molar-refractivity contribution in [3.8, 4) is 11.5 Å². The molecule has 0 heterocycles. The van der Waals surface area contributed by atoms with Crippen molar-refractivity contribution < 1.29 is 23.5 Å². The number of carbonyl (C=O) groups is 2. The Labute approximate surface area is 182 Å². The van der Waals surface area contributed by atoms with Crippen LogP contribution in [-0.4, -0.2) is 42.5 Å². The molecule has 1 aliphatic rings. The lowest BCUT2D eigenvalue weighted by atomic mass is 10.1. The largest absolute Gasteiger partial charge is 0.497 e. The Kier molecular flexibility index (Phi) is 7.87. The van der Waals surface area contributed by atoms with Crippen molar-refractivity contribution in [1.29, 1.82) is 0 Å². The fourth-order valence-corrected chi connectivity index (χ4v) is 3.69. The van der Waals surface area contributed by atoms with Crippen LogP contribution >= 0.6 is 0 Å². The fourth-order valence-electron chi connectivity index (χ4n) is 3.69. The SMILES string of the molecule is COc1ccc(CN(C(=O)COc2ccccc2F)[C@H](C)C(=O)NC2CCCC2)cc1. The minimum atomic E-state index is -0.695. The smallest absolute Gasteiger partial charge is 0.261 e. The lowest BCUT2D eigenvalue weighted by molar-refractivity contribution is -0.142. The average molecular weight is 429 g/mol. The molecule has 7 heteroatoms. The summed E-state index contributed by atoms with van der Waals surface area (Å²) in [6.45, 7) is 1.57. The van der Waals surface area contributed by atoms with E-state index in [1.807, 2.05) is 12.1 Å². The van der Waals surface area contributed by atoms with Crippen LogP contribution in [0.4, 0.5) is 4.39 Å². The van der Waals surface area contributed by atoms with Crippen LogP contribution in [0, 0.1) is 5.82 Å². The maximum absolute atomic E-state index is 13.8. The number of benzene rings is 2. The summed E-state index contributed by atoms with van der Waals surface area (Å²) in [5.41, 5.74) is 0.848. The summed E-state index contributed by atoms with van der Waals surface area (Å²) < 4.78 is 24.4. The summed E-state index contributed by atoms with van der Waals surface area (Å²) in [5, 5.41) is 3.05. The molecule has 6 nitrogen and oxygen atoms in total. The average Bonchev–Trinajstić information content (AvgIpc) is 3.29. The highest BCUT2D eigenvalue weighted by atomic mass is 19.1. The lowest BCUT2D eigenvalue weighted by Crippen LogP contribution is -2.50. The molecular formula is C24H29FN2O4. The molecular weight excluding hydrogens is 399 g/mol. The maximum atomic E-state index is 13.8. The minimum Gasteiger partial charge on any atom is -0.497 e. The number of nitrogens with one attached hydrogen (secondary N) is 1. The molecule has 0 radical (unpaired) electrons. The van der Waals surface area contributed by atoms with Gasteiger partial charge in [0.05, 0.1) is 7.11 Å². The van der Waals surface area contributed by atoms with Gasteiger partial charge in [-0.2, -0.15) is 0 Å². The molecule has 0 spiro atoms. The standard InChI is InChI=1S/C24H29FN2O4/c1-17(24(29)26-19-7-3-4-8-19)27(15-18-11-13-20(30-2)14-12-18)23(28)16-31-22-10-6-5-9-21(22)25/h5-6,9-14,17,19H,3-4,7-8,15-16H2,1-2H3,(H,26,29)/t17-/m1/s1. The van der Waals surface area contributed by atoms with Crippen molar-refractivity contribution in [2.75, 3.05) is 13.7 Å². The summed E-state index contributed by atoms with van der Waals surface area (Å²) in [6.07, 6.45) is 4.12. The number of ether oxygens (including phenoxy) is 2. The Balaban J connectivity index is 1.72. The number of nitrogens with zero attached hydrogens (tertiary/aromatic N) is 1. The number of methoxy groups -OCH3 is 1.